The third-order valence-corrected chi connectivity index (χ3v) is 6.06. The van der Waals surface area contributed by atoms with Crippen LogP contribution in [0.4, 0.5) is 5.69 Å². The number of anilines is 1. The van der Waals surface area contributed by atoms with Crippen LogP contribution in [0, 0.1) is 0 Å². The predicted molar refractivity (Wildman–Crippen MR) is 98.0 cm³/mol. The summed E-state index contributed by atoms with van der Waals surface area (Å²) in [6.45, 7) is 3.90. The number of methoxy groups -OCH3 is 1. The summed E-state index contributed by atoms with van der Waals surface area (Å²) in [5.74, 6) is 1.65. The van der Waals surface area contributed by atoms with E-state index in [9.17, 15) is 8.42 Å². The lowest BCUT2D eigenvalue weighted by molar-refractivity contribution is 0.174. The number of halogens is 1. The monoisotopic (exact) mass is 425 g/mol. The molecule has 2 aromatic carbocycles. The molecule has 0 fully saturated rings. The van der Waals surface area contributed by atoms with Gasteiger partial charge < -0.3 is 14.2 Å². The van der Waals surface area contributed by atoms with E-state index < -0.39 is 10.0 Å². The summed E-state index contributed by atoms with van der Waals surface area (Å²) in [6.07, 6.45) is 1.53. The number of benzene rings is 2. The van der Waals surface area contributed by atoms with Gasteiger partial charge in [0.2, 0.25) is 6.79 Å². The highest BCUT2D eigenvalue weighted by molar-refractivity contribution is 9.10. The topological polar surface area (TPSA) is 65.1 Å². The Kier molecular flexibility index (Phi) is 4.91. The van der Waals surface area contributed by atoms with Crippen LogP contribution in [0.25, 0.3) is 0 Å². The van der Waals surface area contributed by atoms with E-state index in [4.69, 9.17) is 14.2 Å². The van der Waals surface area contributed by atoms with Crippen molar-refractivity contribution in [3.05, 3.63) is 53.5 Å². The number of nitrogens with zero attached hydrogens (tertiary/aromatic N) is 1. The van der Waals surface area contributed by atoms with Crippen molar-refractivity contribution < 1.29 is 22.6 Å². The van der Waals surface area contributed by atoms with Crippen molar-refractivity contribution in [2.45, 2.75) is 4.90 Å². The highest BCUT2D eigenvalue weighted by atomic mass is 79.9. The van der Waals surface area contributed by atoms with Crippen LogP contribution < -0.4 is 18.5 Å². The van der Waals surface area contributed by atoms with Crippen molar-refractivity contribution in [1.82, 2.24) is 0 Å². The Morgan fingerprint density at radius 3 is 2.68 bits per heavy atom. The maximum atomic E-state index is 13.1. The molecular formula is C17H16BrNO5S. The van der Waals surface area contributed by atoms with E-state index >= 15 is 0 Å². The fourth-order valence-electron chi connectivity index (χ4n) is 2.43. The van der Waals surface area contributed by atoms with Crippen LogP contribution in [0.1, 0.15) is 0 Å². The summed E-state index contributed by atoms with van der Waals surface area (Å²) in [4.78, 5) is 0.139. The van der Waals surface area contributed by atoms with Gasteiger partial charge in [0, 0.05) is 6.07 Å². The molecule has 0 aromatic heterocycles. The molecule has 2 aromatic rings. The zero-order valence-electron chi connectivity index (χ0n) is 13.4. The number of hydrogen-bond donors (Lipinski definition) is 0. The Bertz CT molecular complexity index is 913. The molecule has 6 nitrogen and oxygen atoms in total. The molecule has 0 amide bonds. The molecule has 0 aliphatic carbocycles. The third kappa shape index (κ3) is 3.32. The number of fused-ring (bicyclic) bond motifs is 1. The lowest BCUT2D eigenvalue weighted by atomic mass is 10.3. The van der Waals surface area contributed by atoms with Crippen molar-refractivity contribution in [2.24, 2.45) is 0 Å². The summed E-state index contributed by atoms with van der Waals surface area (Å²) in [6, 6.07) is 9.62. The zero-order chi connectivity index (χ0) is 18.0. The maximum Gasteiger partial charge on any atom is 0.264 e. The highest BCUT2D eigenvalue weighted by Gasteiger charge is 2.26. The summed E-state index contributed by atoms with van der Waals surface area (Å²) in [5, 5.41) is 0. The number of sulfonamides is 1. The fraction of sp³-hybridized carbons (Fsp3) is 0.176. The first-order valence-electron chi connectivity index (χ1n) is 7.34. The molecular weight excluding hydrogens is 410 g/mol. The molecule has 25 heavy (non-hydrogen) atoms. The first-order chi connectivity index (χ1) is 12.0. The van der Waals surface area contributed by atoms with Gasteiger partial charge in [-0.25, -0.2) is 8.42 Å². The van der Waals surface area contributed by atoms with E-state index in [1.54, 1.807) is 24.3 Å². The number of hydrogen-bond acceptors (Lipinski definition) is 5. The quantitative estimate of drug-likeness (QED) is 0.661. The first kappa shape index (κ1) is 17.6. The van der Waals surface area contributed by atoms with Gasteiger partial charge in [-0.15, -0.1) is 6.58 Å². The van der Waals surface area contributed by atoms with E-state index in [2.05, 4.69) is 22.5 Å². The van der Waals surface area contributed by atoms with Crippen molar-refractivity contribution >= 4 is 31.6 Å². The normalized spacial score (nSPS) is 12.7. The molecule has 3 rings (SSSR count). The smallest absolute Gasteiger partial charge is 0.264 e. The van der Waals surface area contributed by atoms with Crippen LogP contribution in [0.15, 0.2) is 58.4 Å². The molecule has 1 aliphatic rings. The van der Waals surface area contributed by atoms with E-state index in [1.807, 2.05) is 0 Å². The standard InChI is InChI=1S/C17H16BrNO5S/c1-3-8-19(12-4-6-16-17(9-12)24-11-23-16)25(20,21)13-5-7-15(22-2)14(18)10-13/h3-7,9-10H,1,8,11H2,2H3. The highest BCUT2D eigenvalue weighted by Crippen LogP contribution is 2.37. The van der Waals surface area contributed by atoms with Crippen LogP contribution in [0.2, 0.25) is 0 Å². The Morgan fingerprint density at radius 2 is 2.00 bits per heavy atom. The fourth-order valence-corrected chi connectivity index (χ4v) is 4.58. The summed E-state index contributed by atoms with van der Waals surface area (Å²) >= 11 is 3.32. The molecule has 0 spiro atoms. The van der Waals surface area contributed by atoms with Gasteiger partial charge >= 0.3 is 0 Å². The van der Waals surface area contributed by atoms with Crippen LogP contribution >= 0.6 is 15.9 Å². The molecule has 0 N–H and O–H groups in total. The molecule has 0 saturated carbocycles. The van der Waals surface area contributed by atoms with E-state index in [1.165, 1.54) is 29.6 Å². The SMILES string of the molecule is C=CCN(c1ccc2c(c1)OCO2)S(=O)(=O)c1ccc(OC)c(Br)c1. The zero-order valence-corrected chi connectivity index (χ0v) is 15.8. The van der Waals surface area contributed by atoms with Crippen LogP contribution in [-0.2, 0) is 10.0 Å². The molecule has 8 heteroatoms. The molecule has 0 bridgehead atoms. The number of rotatable bonds is 6. The van der Waals surface area contributed by atoms with Gasteiger partial charge in [0.15, 0.2) is 11.5 Å². The molecule has 0 atom stereocenters. The third-order valence-electron chi connectivity index (χ3n) is 3.65. The largest absolute Gasteiger partial charge is 0.496 e. The lowest BCUT2D eigenvalue weighted by Gasteiger charge is -2.23. The van der Waals surface area contributed by atoms with Gasteiger partial charge in [-0.1, -0.05) is 6.08 Å². The second-order valence-corrected chi connectivity index (χ2v) is 7.88. The van der Waals surface area contributed by atoms with E-state index in [-0.39, 0.29) is 18.2 Å². The Hall–Kier alpha value is -2.19. The second-order valence-electron chi connectivity index (χ2n) is 5.16. The molecule has 1 heterocycles. The molecule has 1 aliphatic heterocycles. The van der Waals surface area contributed by atoms with Crippen molar-refractivity contribution in [2.75, 3.05) is 24.8 Å². The van der Waals surface area contributed by atoms with Crippen molar-refractivity contribution in [3.63, 3.8) is 0 Å². The van der Waals surface area contributed by atoms with Gasteiger partial charge in [-0.3, -0.25) is 4.31 Å². The molecule has 0 unspecified atom stereocenters. The van der Waals surface area contributed by atoms with E-state index in [0.29, 0.717) is 27.4 Å². The van der Waals surface area contributed by atoms with Gasteiger partial charge in [0.1, 0.15) is 5.75 Å². The molecule has 0 radical (unpaired) electrons. The minimum atomic E-state index is -3.80. The van der Waals surface area contributed by atoms with Crippen molar-refractivity contribution in [3.8, 4) is 17.2 Å². The van der Waals surface area contributed by atoms with Crippen LogP contribution in [0.3, 0.4) is 0 Å². The van der Waals surface area contributed by atoms with Gasteiger partial charge in [0.05, 0.1) is 28.7 Å². The van der Waals surface area contributed by atoms with Gasteiger partial charge in [-0.2, -0.15) is 0 Å². The lowest BCUT2D eigenvalue weighted by Crippen LogP contribution is -2.31. The summed E-state index contributed by atoms with van der Waals surface area (Å²) in [5.41, 5.74) is 0.469. The van der Waals surface area contributed by atoms with Crippen LogP contribution in [0.5, 0.6) is 17.2 Å². The predicted octanol–water partition coefficient (Wildman–Crippen LogP) is 3.57. The minimum Gasteiger partial charge on any atom is -0.496 e. The van der Waals surface area contributed by atoms with Gasteiger partial charge in [0.25, 0.3) is 10.0 Å². The first-order valence-corrected chi connectivity index (χ1v) is 9.57. The summed E-state index contributed by atoms with van der Waals surface area (Å²) < 4.78 is 43.8. The number of ether oxygens (including phenoxy) is 3. The Labute approximate surface area is 154 Å². The van der Waals surface area contributed by atoms with Crippen LogP contribution in [-0.4, -0.2) is 28.9 Å². The van der Waals surface area contributed by atoms with Gasteiger partial charge in [-0.05, 0) is 46.3 Å². The van der Waals surface area contributed by atoms with Crippen molar-refractivity contribution in [1.29, 1.82) is 0 Å². The maximum absolute atomic E-state index is 13.1. The van der Waals surface area contributed by atoms with E-state index in [0.717, 1.165) is 0 Å². The summed E-state index contributed by atoms with van der Waals surface area (Å²) in [7, 11) is -2.28. The molecule has 132 valence electrons. The Balaban J connectivity index is 2.04. The average Bonchev–Trinajstić information content (AvgIpc) is 3.07. The second kappa shape index (κ2) is 6.97. The Morgan fingerprint density at radius 1 is 1.24 bits per heavy atom. The minimum absolute atomic E-state index is 0.117. The molecule has 0 saturated heterocycles. The average molecular weight is 426 g/mol.